The van der Waals surface area contributed by atoms with Crippen molar-refractivity contribution in [3.05, 3.63) is 72.0 Å². The van der Waals surface area contributed by atoms with Gasteiger partial charge in [0.2, 0.25) is 5.91 Å². The first-order valence-electron chi connectivity index (χ1n) is 9.66. The molecule has 1 amide bonds. The first kappa shape index (κ1) is 21.0. The molecule has 3 N–H and O–H groups in total. The Labute approximate surface area is 188 Å². The summed E-state index contributed by atoms with van der Waals surface area (Å²) >= 11 is 1.10. The van der Waals surface area contributed by atoms with Gasteiger partial charge in [-0.3, -0.25) is 4.79 Å². The normalized spacial score (nSPS) is 11.5. The highest BCUT2D eigenvalue weighted by Crippen LogP contribution is 2.37. The Bertz CT molecular complexity index is 1400. The van der Waals surface area contributed by atoms with E-state index in [1.807, 2.05) is 48.5 Å². The molecule has 0 spiro atoms. The van der Waals surface area contributed by atoms with Crippen molar-refractivity contribution in [3.63, 3.8) is 0 Å². The first-order chi connectivity index (χ1) is 15.5. The number of thioether (sulfide) groups is 1. The quantitative estimate of drug-likeness (QED) is 0.421. The molecule has 0 saturated carbocycles. The van der Waals surface area contributed by atoms with Crippen LogP contribution in [0.2, 0.25) is 0 Å². The Balaban J connectivity index is 1.66. The Hall–Kier alpha value is -4.27. The molecule has 0 radical (unpaired) electrons. The van der Waals surface area contributed by atoms with Gasteiger partial charge in [0.05, 0.1) is 22.6 Å². The second-order valence-electron chi connectivity index (χ2n) is 6.90. The lowest BCUT2D eigenvalue weighted by Crippen LogP contribution is -2.23. The molecule has 4 aromatic rings. The van der Waals surface area contributed by atoms with Gasteiger partial charge >= 0.3 is 0 Å². The van der Waals surface area contributed by atoms with Crippen molar-refractivity contribution in [2.75, 3.05) is 11.1 Å². The van der Waals surface area contributed by atoms with Crippen LogP contribution in [0.3, 0.4) is 0 Å². The predicted octanol–water partition coefficient (Wildman–Crippen LogP) is 4.94. The number of anilines is 2. The fraction of sp³-hybridized carbons (Fsp3) is 0.0833. The summed E-state index contributed by atoms with van der Waals surface area (Å²) in [5.41, 5.74) is 7.18. The van der Waals surface area contributed by atoms with Crippen LogP contribution in [0.1, 0.15) is 18.1 Å². The molecule has 2 aromatic carbocycles. The van der Waals surface area contributed by atoms with Gasteiger partial charge in [0.25, 0.3) is 0 Å². The van der Waals surface area contributed by atoms with Crippen molar-refractivity contribution in [1.82, 2.24) is 4.98 Å². The van der Waals surface area contributed by atoms with E-state index in [0.29, 0.717) is 11.4 Å². The van der Waals surface area contributed by atoms with Gasteiger partial charge in [-0.1, -0.05) is 48.2 Å². The minimum Gasteiger partial charge on any atom is -0.464 e. The second-order valence-corrected chi connectivity index (χ2v) is 8.23. The van der Waals surface area contributed by atoms with Gasteiger partial charge in [-0.05, 0) is 30.5 Å². The summed E-state index contributed by atoms with van der Waals surface area (Å²) in [7, 11) is 0. The summed E-state index contributed by atoms with van der Waals surface area (Å²) in [4.78, 5) is 17.2. The van der Waals surface area contributed by atoms with Gasteiger partial charge < -0.3 is 15.5 Å². The van der Waals surface area contributed by atoms with Crippen LogP contribution in [0.15, 0.2) is 70.3 Å². The third-order valence-electron chi connectivity index (χ3n) is 4.89. The average molecular weight is 440 g/mol. The van der Waals surface area contributed by atoms with Crippen molar-refractivity contribution >= 4 is 39.9 Å². The van der Waals surface area contributed by atoms with Crippen LogP contribution in [0.25, 0.3) is 22.1 Å². The molecule has 32 heavy (non-hydrogen) atoms. The van der Waals surface area contributed by atoms with Gasteiger partial charge in [-0.2, -0.15) is 10.5 Å². The first-order valence-corrected chi connectivity index (χ1v) is 10.5. The van der Waals surface area contributed by atoms with Gasteiger partial charge in [-0.15, -0.1) is 0 Å². The summed E-state index contributed by atoms with van der Waals surface area (Å²) in [5, 5.41) is 23.9. The van der Waals surface area contributed by atoms with E-state index in [-0.39, 0.29) is 33.4 Å². The number of hydrogen-bond donors (Lipinski definition) is 2. The number of aromatic nitrogens is 1. The Kier molecular flexibility index (Phi) is 5.80. The summed E-state index contributed by atoms with van der Waals surface area (Å²) < 4.78 is 5.41. The molecular weight excluding hydrogens is 422 g/mol. The lowest BCUT2D eigenvalue weighted by atomic mass is 10.0. The van der Waals surface area contributed by atoms with E-state index in [1.165, 1.54) is 6.26 Å². The van der Waals surface area contributed by atoms with Crippen LogP contribution in [0.4, 0.5) is 11.5 Å². The molecule has 1 atom stereocenters. The summed E-state index contributed by atoms with van der Waals surface area (Å²) in [6.45, 7) is 1.72. The summed E-state index contributed by atoms with van der Waals surface area (Å²) in [6.07, 6.45) is 1.45. The SMILES string of the molecule is CC(Sc1nc(N)c(C#N)c(-c2ccco2)c1C#N)C(=O)Nc1cccc2ccccc12. The number of fused-ring (bicyclic) bond motifs is 1. The largest absolute Gasteiger partial charge is 0.464 e. The zero-order chi connectivity index (χ0) is 22.7. The van der Waals surface area contributed by atoms with E-state index < -0.39 is 5.25 Å². The summed E-state index contributed by atoms with van der Waals surface area (Å²) in [6, 6.07) is 20.8. The molecule has 0 saturated heterocycles. The van der Waals surface area contributed by atoms with Crippen LogP contribution in [0.5, 0.6) is 0 Å². The van der Waals surface area contributed by atoms with E-state index in [4.69, 9.17) is 10.2 Å². The van der Waals surface area contributed by atoms with E-state index in [9.17, 15) is 15.3 Å². The molecule has 8 heteroatoms. The zero-order valence-corrected chi connectivity index (χ0v) is 17.8. The molecule has 0 aliphatic carbocycles. The Morgan fingerprint density at radius 1 is 1.09 bits per heavy atom. The van der Waals surface area contributed by atoms with Crippen molar-refractivity contribution in [3.8, 4) is 23.5 Å². The average Bonchev–Trinajstić information content (AvgIpc) is 3.33. The van der Waals surface area contributed by atoms with Gasteiger partial charge in [0, 0.05) is 11.1 Å². The topological polar surface area (TPSA) is 129 Å². The van der Waals surface area contributed by atoms with Crippen molar-refractivity contribution in [2.45, 2.75) is 17.2 Å². The van der Waals surface area contributed by atoms with Crippen LogP contribution in [-0.2, 0) is 4.79 Å². The third kappa shape index (κ3) is 3.87. The lowest BCUT2D eigenvalue weighted by Gasteiger charge is -2.15. The van der Waals surface area contributed by atoms with Crippen LogP contribution < -0.4 is 11.1 Å². The standard InChI is InChI=1S/C24H17N5O2S/c1-14(23(30)28-19-9-4-7-15-6-2-3-8-16(15)19)32-24-18(13-26)21(20-10-5-11-31-20)17(12-25)22(27)29-24/h2-11,14H,1H3,(H2,27,29)(H,28,30). The number of hydrogen-bond acceptors (Lipinski definition) is 7. The lowest BCUT2D eigenvalue weighted by molar-refractivity contribution is -0.115. The summed E-state index contributed by atoms with van der Waals surface area (Å²) in [5.74, 6) is 0.0588. The molecule has 0 aliphatic rings. The molecule has 156 valence electrons. The number of carbonyl (C=O) groups is 1. The monoisotopic (exact) mass is 439 g/mol. The second kappa shape index (κ2) is 8.84. The molecule has 1 unspecified atom stereocenters. The Morgan fingerprint density at radius 2 is 1.84 bits per heavy atom. The molecule has 2 heterocycles. The van der Waals surface area contributed by atoms with E-state index in [0.717, 1.165) is 22.5 Å². The van der Waals surface area contributed by atoms with Crippen LogP contribution >= 0.6 is 11.8 Å². The fourth-order valence-corrected chi connectivity index (χ4v) is 4.26. The van der Waals surface area contributed by atoms with Gasteiger partial charge in [-0.25, -0.2) is 4.98 Å². The fourth-order valence-electron chi connectivity index (χ4n) is 3.34. The molecular formula is C24H17N5O2S. The maximum Gasteiger partial charge on any atom is 0.237 e. The number of pyridine rings is 1. The number of amides is 1. The Morgan fingerprint density at radius 3 is 2.56 bits per heavy atom. The molecule has 0 aliphatic heterocycles. The van der Waals surface area contributed by atoms with Crippen molar-refractivity contribution in [2.24, 2.45) is 0 Å². The third-order valence-corrected chi connectivity index (χ3v) is 5.97. The van der Waals surface area contributed by atoms with Crippen molar-refractivity contribution < 1.29 is 9.21 Å². The molecule has 2 aromatic heterocycles. The highest BCUT2D eigenvalue weighted by molar-refractivity contribution is 8.00. The zero-order valence-electron chi connectivity index (χ0n) is 17.0. The number of benzene rings is 2. The molecule has 0 fully saturated rings. The number of rotatable bonds is 5. The number of nitriles is 2. The minimum absolute atomic E-state index is 0.0259. The number of carbonyl (C=O) groups excluding carboxylic acids is 1. The van der Waals surface area contributed by atoms with Crippen molar-refractivity contribution in [1.29, 1.82) is 10.5 Å². The maximum absolute atomic E-state index is 12.9. The van der Waals surface area contributed by atoms with E-state index >= 15 is 0 Å². The van der Waals surface area contributed by atoms with Crippen LogP contribution in [-0.4, -0.2) is 16.1 Å². The van der Waals surface area contributed by atoms with E-state index in [1.54, 1.807) is 19.1 Å². The van der Waals surface area contributed by atoms with Crippen LogP contribution in [0, 0.1) is 22.7 Å². The van der Waals surface area contributed by atoms with E-state index in [2.05, 4.69) is 16.4 Å². The number of nitrogens with zero attached hydrogens (tertiary/aromatic N) is 3. The molecule has 0 bridgehead atoms. The number of nitrogens with one attached hydrogen (secondary N) is 1. The highest BCUT2D eigenvalue weighted by atomic mass is 32.2. The number of nitrogens with two attached hydrogens (primary N) is 1. The maximum atomic E-state index is 12.9. The molecule has 4 rings (SSSR count). The van der Waals surface area contributed by atoms with Gasteiger partial charge in [0.15, 0.2) is 0 Å². The highest BCUT2D eigenvalue weighted by Gasteiger charge is 2.25. The number of furan rings is 1. The predicted molar refractivity (Wildman–Crippen MR) is 124 cm³/mol. The molecule has 7 nitrogen and oxygen atoms in total. The van der Waals surface area contributed by atoms with Gasteiger partial charge in [0.1, 0.15) is 34.3 Å². The minimum atomic E-state index is -0.592. The number of nitrogen functional groups attached to an aromatic ring is 1. The smallest absolute Gasteiger partial charge is 0.237 e.